The van der Waals surface area contributed by atoms with E-state index in [4.69, 9.17) is 5.73 Å². The van der Waals surface area contributed by atoms with Gasteiger partial charge in [-0.25, -0.2) is 8.78 Å². The van der Waals surface area contributed by atoms with Gasteiger partial charge in [-0.2, -0.15) is 0 Å². The first-order chi connectivity index (χ1) is 9.33. The van der Waals surface area contributed by atoms with Crippen LogP contribution in [0.25, 0.3) is 0 Å². The van der Waals surface area contributed by atoms with E-state index in [2.05, 4.69) is 10.6 Å². The molecule has 5 nitrogen and oxygen atoms in total. The van der Waals surface area contributed by atoms with Crippen LogP contribution in [0.2, 0.25) is 0 Å². The molecule has 2 rings (SSSR count). The summed E-state index contributed by atoms with van der Waals surface area (Å²) in [6.07, 6.45) is 0.615. The molecule has 1 atom stereocenters. The fourth-order valence-corrected chi connectivity index (χ4v) is 2.12. The van der Waals surface area contributed by atoms with Crippen molar-refractivity contribution in [2.45, 2.75) is 13.3 Å². The third kappa shape index (κ3) is 2.62. The number of hydrogen-bond acceptors (Lipinski definition) is 3. The van der Waals surface area contributed by atoms with E-state index >= 15 is 0 Å². The van der Waals surface area contributed by atoms with E-state index in [1.165, 1.54) is 0 Å². The standard InChI is InChI=1S/C13H15F2N3O2/c1-13(2-3-17-6-13)12(20)18-10-4-7(11(16)19)8(14)5-9(10)15/h4-5,17H,2-3,6H2,1H3,(H2,16,19)(H,18,20). The lowest BCUT2D eigenvalue weighted by atomic mass is 9.88. The van der Waals surface area contributed by atoms with E-state index in [0.717, 1.165) is 6.07 Å². The predicted molar refractivity (Wildman–Crippen MR) is 69.1 cm³/mol. The summed E-state index contributed by atoms with van der Waals surface area (Å²) in [4.78, 5) is 23.2. The molecule has 108 valence electrons. The summed E-state index contributed by atoms with van der Waals surface area (Å²) in [7, 11) is 0. The van der Waals surface area contributed by atoms with Crippen molar-refractivity contribution in [3.05, 3.63) is 29.3 Å². The normalized spacial score (nSPS) is 21.8. The van der Waals surface area contributed by atoms with E-state index in [-0.39, 0.29) is 11.6 Å². The van der Waals surface area contributed by atoms with E-state index in [1.807, 2.05) is 0 Å². The zero-order valence-corrected chi connectivity index (χ0v) is 10.9. The highest BCUT2D eigenvalue weighted by molar-refractivity contribution is 5.98. The number of primary amides is 1. The lowest BCUT2D eigenvalue weighted by Gasteiger charge is -2.21. The Kier molecular flexibility index (Phi) is 3.71. The average Bonchev–Trinajstić information content (AvgIpc) is 2.80. The number of benzene rings is 1. The summed E-state index contributed by atoms with van der Waals surface area (Å²) >= 11 is 0. The van der Waals surface area contributed by atoms with Crippen molar-refractivity contribution in [2.24, 2.45) is 11.1 Å². The van der Waals surface area contributed by atoms with Crippen molar-refractivity contribution in [3.8, 4) is 0 Å². The Balaban J connectivity index is 2.27. The van der Waals surface area contributed by atoms with Crippen LogP contribution in [0.5, 0.6) is 0 Å². The first kappa shape index (κ1) is 14.4. The molecule has 1 aliphatic heterocycles. The van der Waals surface area contributed by atoms with Gasteiger partial charge in [-0.05, 0) is 26.0 Å². The maximum atomic E-state index is 13.6. The van der Waals surface area contributed by atoms with E-state index in [9.17, 15) is 18.4 Å². The smallest absolute Gasteiger partial charge is 0.251 e. The van der Waals surface area contributed by atoms with Gasteiger partial charge in [0.1, 0.15) is 11.6 Å². The SMILES string of the molecule is CC1(C(=O)Nc2cc(C(N)=O)c(F)cc2F)CCNC1. The van der Waals surface area contributed by atoms with Crippen molar-refractivity contribution >= 4 is 17.5 Å². The molecule has 0 radical (unpaired) electrons. The molecule has 1 aliphatic rings. The van der Waals surface area contributed by atoms with E-state index in [0.29, 0.717) is 25.6 Å². The molecule has 2 amide bonds. The van der Waals surface area contributed by atoms with Crippen LogP contribution >= 0.6 is 0 Å². The number of carbonyl (C=O) groups is 2. The van der Waals surface area contributed by atoms with Crippen molar-refractivity contribution in [1.82, 2.24) is 5.32 Å². The molecule has 1 aromatic rings. The van der Waals surface area contributed by atoms with Gasteiger partial charge < -0.3 is 16.4 Å². The number of nitrogens with one attached hydrogen (secondary N) is 2. The average molecular weight is 283 g/mol. The molecular formula is C13H15F2N3O2. The molecule has 1 unspecified atom stereocenters. The van der Waals surface area contributed by atoms with Crippen molar-refractivity contribution in [1.29, 1.82) is 0 Å². The Labute approximate surface area is 114 Å². The third-order valence-electron chi connectivity index (χ3n) is 3.49. The molecule has 0 aromatic heterocycles. The summed E-state index contributed by atoms with van der Waals surface area (Å²) in [6.45, 7) is 2.92. The lowest BCUT2D eigenvalue weighted by Crippen LogP contribution is -2.35. The quantitative estimate of drug-likeness (QED) is 0.773. The summed E-state index contributed by atoms with van der Waals surface area (Å²) < 4.78 is 27.0. The van der Waals surface area contributed by atoms with Crippen molar-refractivity contribution in [3.63, 3.8) is 0 Å². The second-order valence-corrected chi connectivity index (χ2v) is 5.12. The summed E-state index contributed by atoms with van der Waals surface area (Å²) in [5, 5.41) is 5.43. The number of carbonyl (C=O) groups excluding carboxylic acids is 2. The predicted octanol–water partition coefficient (Wildman–Crippen LogP) is 1.00. The van der Waals surface area contributed by atoms with Gasteiger partial charge in [0.2, 0.25) is 5.91 Å². The number of rotatable bonds is 3. The van der Waals surface area contributed by atoms with Crippen LogP contribution in [0.3, 0.4) is 0 Å². The second kappa shape index (κ2) is 5.16. The summed E-state index contributed by atoms with van der Waals surface area (Å²) in [5.41, 5.74) is 3.62. The zero-order valence-electron chi connectivity index (χ0n) is 10.9. The maximum absolute atomic E-state index is 13.6. The largest absolute Gasteiger partial charge is 0.366 e. The molecule has 1 saturated heterocycles. The van der Waals surface area contributed by atoms with E-state index < -0.39 is 28.5 Å². The third-order valence-corrected chi connectivity index (χ3v) is 3.49. The highest BCUT2D eigenvalue weighted by atomic mass is 19.1. The van der Waals surface area contributed by atoms with Crippen molar-refractivity contribution in [2.75, 3.05) is 18.4 Å². The van der Waals surface area contributed by atoms with Crippen LogP contribution in [-0.4, -0.2) is 24.9 Å². The molecule has 0 spiro atoms. The molecule has 0 aliphatic carbocycles. The molecule has 20 heavy (non-hydrogen) atoms. The first-order valence-corrected chi connectivity index (χ1v) is 6.14. The molecule has 1 heterocycles. The van der Waals surface area contributed by atoms with Gasteiger partial charge in [-0.15, -0.1) is 0 Å². The monoisotopic (exact) mass is 283 g/mol. The summed E-state index contributed by atoms with van der Waals surface area (Å²) in [6, 6.07) is 1.45. The Morgan fingerprint density at radius 1 is 1.35 bits per heavy atom. The fourth-order valence-electron chi connectivity index (χ4n) is 2.12. The number of anilines is 1. The maximum Gasteiger partial charge on any atom is 0.251 e. The molecule has 0 bridgehead atoms. The molecule has 4 N–H and O–H groups in total. The van der Waals surface area contributed by atoms with E-state index in [1.54, 1.807) is 6.92 Å². The molecule has 1 aromatic carbocycles. The van der Waals surface area contributed by atoms with Gasteiger partial charge >= 0.3 is 0 Å². The Morgan fingerprint density at radius 2 is 2.05 bits per heavy atom. The lowest BCUT2D eigenvalue weighted by molar-refractivity contribution is -0.123. The van der Waals surface area contributed by atoms with Gasteiger partial charge in [0.15, 0.2) is 0 Å². The van der Waals surface area contributed by atoms with Gasteiger partial charge in [-0.3, -0.25) is 9.59 Å². The highest BCUT2D eigenvalue weighted by Gasteiger charge is 2.36. The Hall–Kier alpha value is -2.02. The van der Waals surface area contributed by atoms with Gasteiger partial charge in [0.25, 0.3) is 5.91 Å². The van der Waals surface area contributed by atoms with Gasteiger partial charge in [0, 0.05) is 12.6 Å². The minimum atomic E-state index is -1.05. The second-order valence-electron chi connectivity index (χ2n) is 5.12. The minimum Gasteiger partial charge on any atom is -0.366 e. The topological polar surface area (TPSA) is 84.2 Å². The number of amides is 2. The Bertz CT molecular complexity index is 569. The van der Waals surface area contributed by atoms with Crippen LogP contribution < -0.4 is 16.4 Å². The van der Waals surface area contributed by atoms with Crippen LogP contribution in [-0.2, 0) is 4.79 Å². The fraction of sp³-hybridized carbons (Fsp3) is 0.385. The zero-order chi connectivity index (χ0) is 14.9. The van der Waals surface area contributed by atoms with Crippen molar-refractivity contribution < 1.29 is 18.4 Å². The summed E-state index contributed by atoms with van der Waals surface area (Å²) in [5.74, 6) is -3.41. The number of hydrogen-bond donors (Lipinski definition) is 3. The molecule has 7 heteroatoms. The number of nitrogens with two attached hydrogens (primary N) is 1. The van der Waals surface area contributed by atoms with Crippen LogP contribution in [0.1, 0.15) is 23.7 Å². The van der Waals surface area contributed by atoms with Gasteiger partial charge in [-0.1, -0.05) is 0 Å². The highest BCUT2D eigenvalue weighted by Crippen LogP contribution is 2.28. The van der Waals surface area contributed by atoms with Crippen LogP contribution in [0, 0.1) is 17.0 Å². The van der Waals surface area contributed by atoms with Crippen LogP contribution in [0.4, 0.5) is 14.5 Å². The molecule has 1 fully saturated rings. The number of halogens is 2. The van der Waals surface area contributed by atoms with Crippen LogP contribution in [0.15, 0.2) is 12.1 Å². The molecular weight excluding hydrogens is 268 g/mol. The first-order valence-electron chi connectivity index (χ1n) is 6.14. The minimum absolute atomic E-state index is 0.252. The van der Waals surface area contributed by atoms with Gasteiger partial charge in [0.05, 0.1) is 16.7 Å². The molecule has 0 saturated carbocycles. The Morgan fingerprint density at radius 3 is 2.60 bits per heavy atom.